The van der Waals surface area contributed by atoms with E-state index in [1.807, 2.05) is 31.2 Å². The van der Waals surface area contributed by atoms with Crippen molar-refractivity contribution in [1.29, 1.82) is 0 Å². The molecular formula is C22H21NO2S2. The molecule has 0 spiro atoms. The molecule has 0 aliphatic rings. The zero-order valence-electron chi connectivity index (χ0n) is 15.1. The van der Waals surface area contributed by atoms with Crippen molar-refractivity contribution in [3.8, 4) is 0 Å². The third-order valence-corrected chi connectivity index (χ3v) is 6.84. The molecule has 1 amide bonds. The number of rotatable bonds is 6. The van der Waals surface area contributed by atoms with Gasteiger partial charge in [-0.25, -0.2) is 5.06 Å². The van der Waals surface area contributed by atoms with Gasteiger partial charge in [0.25, 0.3) is 0 Å². The maximum Gasteiger partial charge on any atom is 0.245 e. The van der Waals surface area contributed by atoms with E-state index in [9.17, 15) is 10.0 Å². The van der Waals surface area contributed by atoms with Crippen LogP contribution in [-0.4, -0.2) is 22.7 Å². The molecule has 5 heteroatoms. The zero-order valence-corrected chi connectivity index (χ0v) is 16.7. The molecule has 0 fully saturated rings. The second kappa shape index (κ2) is 7.80. The zero-order chi connectivity index (χ0) is 18.8. The highest BCUT2D eigenvalue weighted by Gasteiger charge is 2.25. The molecule has 0 bridgehead atoms. The topological polar surface area (TPSA) is 40.5 Å². The Morgan fingerprint density at radius 2 is 1.48 bits per heavy atom. The fourth-order valence-electron chi connectivity index (χ4n) is 3.52. The van der Waals surface area contributed by atoms with Crippen LogP contribution in [0.2, 0.25) is 0 Å². The molecule has 2 aromatic heterocycles. The van der Waals surface area contributed by atoms with E-state index in [0.29, 0.717) is 6.42 Å². The first-order chi connectivity index (χ1) is 13.2. The fraction of sp³-hybridized carbons (Fsp3) is 0.227. The van der Waals surface area contributed by atoms with Gasteiger partial charge in [0.2, 0.25) is 5.91 Å². The maximum absolute atomic E-state index is 12.2. The van der Waals surface area contributed by atoms with Crippen LogP contribution in [0.15, 0.2) is 59.3 Å². The third kappa shape index (κ3) is 3.50. The molecule has 0 aliphatic carbocycles. The van der Waals surface area contributed by atoms with Gasteiger partial charge in [-0.15, -0.1) is 22.7 Å². The largest absolute Gasteiger partial charge is 0.286 e. The highest BCUT2D eigenvalue weighted by Crippen LogP contribution is 2.40. The van der Waals surface area contributed by atoms with Crippen LogP contribution >= 0.6 is 22.7 Å². The number of amides is 1. The van der Waals surface area contributed by atoms with Gasteiger partial charge in [-0.1, -0.05) is 43.3 Å². The minimum atomic E-state index is -0.221. The van der Waals surface area contributed by atoms with E-state index < -0.39 is 0 Å². The molecule has 0 radical (unpaired) electrons. The van der Waals surface area contributed by atoms with Gasteiger partial charge in [0.1, 0.15) is 0 Å². The number of nitrogens with zero attached hydrogens (tertiary/aromatic N) is 1. The summed E-state index contributed by atoms with van der Waals surface area (Å²) in [6.45, 7) is 2.21. The lowest BCUT2D eigenvalue weighted by molar-refractivity contribution is -0.165. The fourth-order valence-corrected chi connectivity index (χ4v) is 5.55. The summed E-state index contributed by atoms with van der Waals surface area (Å²) in [5.74, 6) is -0.287. The number of fused-ring (bicyclic) bond motifs is 2. The van der Waals surface area contributed by atoms with E-state index in [1.165, 1.54) is 31.3 Å². The molecule has 2 aromatic carbocycles. The van der Waals surface area contributed by atoms with Crippen molar-refractivity contribution in [2.75, 3.05) is 6.54 Å². The van der Waals surface area contributed by atoms with Crippen molar-refractivity contribution in [2.24, 2.45) is 0 Å². The lowest BCUT2D eigenvalue weighted by atomic mass is 9.90. The normalized spacial score (nSPS) is 11.5. The lowest BCUT2D eigenvalue weighted by Gasteiger charge is -2.23. The van der Waals surface area contributed by atoms with Crippen molar-refractivity contribution in [3.05, 3.63) is 70.4 Å². The van der Waals surface area contributed by atoms with Gasteiger partial charge in [-0.2, -0.15) is 0 Å². The Morgan fingerprint density at radius 1 is 0.963 bits per heavy atom. The summed E-state index contributed by atoms with van der Waals surface area (Å²) in [6, 6.07) is 16.6. The molecule has 2 heterocycles. The monoisotopic (exact) mass is 395 g/mol. The maximum atomic E-state index is 12.2. The second-order valence-corrected chi connectivity index (χ2v) is 8.48. The highest BCUT2D eigenvalue weighted by atomic mass is 32.1. The molecular weight excluding hydrogens is 374 g/mol. The molecule has 4 rings (SSSR count). The smallest absolute Gasteiger partial charge is 0.245 e. The molecule has 138 valence electrons. The summed E-state index contributed by atoms with van der Waals surface area (Å²) in [7, 11) is 0. The summed E-state index contributed by atoms with van der Waals surface area (Å²) in [4.78, 5) is 12.2. The van der Waals surface area contributed by atoms with Gasteiger partial charge in [0, 0.05) is 21.7 Å². The molecule has 3 nitrogen and oxygen atoms in total. The first-order valence-corrected chi connectivity index (χ1v) is 10.9. The van der Waals surface area contributed by atoms with Crippen LogP contribution < -0.4 is 0 Å². The summed E-state index contributed by atoms with van der Waals surface area (Å²) >= 11 is 3.42. The minimum absolute atomic E-state index is 0.0666. The van der Waals surface area contributed by atoms with E-state index >= 15 is 0 Å². The Labute approximate surface area is 166 Å². The molecule has 1 N–H and O–H groups in total. The van der Waals surface area contributed by atoms with Gasteiger partial charge in [-0.3, -0.25) is 10.0 Å². The Balaban J connectivity index is 1.81. The SMILES string of the molecule is CCCC(=O)N(O)CC(c1csc2ccccc12)c1csc2ccccc12. The molecule has 4 aromatic rings. The number of hydroxylamine groups is 2. The number of hydrogen-bond acceptors (Lipinski definition) is 4. The highest BCUT2D eigenvalue weighted by molar-refractivity contribution is 7.17. The van der Waals surface area contributed by atoms with Gasteiger partial charge in [0.15, 0.2) is 0 Å². The molecule has 0 saturated carbocycles. The molecule has 0 atom stereocenters. The third-order valence-electron chi connectivity index (χ3n) is 4.88. The molecule has 27 heavy (non-hydrogen) atoms. The van der Waals surface area contributed by atoms with E-state index in [4.69, 9.17) is 0 Å². The van der Waals surface area contributed by atoms with Crippen molar-refractivity contribution >= 4 is 48.8 Å². The van der Waals surface area contributed by atoms with Crippen molar-refractivity contribution in [3.63, 3.8) is 0 Å². The van der Waals surface area contributed by atoms with E-state index in [-0.39, 0.29) is 18.4 Å². The van der Waals surface area contributed by atoms with Crippen LogP contribution in [0.4, 0.5) is 0 Å². The number of benzene rings is 2. The molecule has 0 unspecified atom stereocenters. The minimum Gasteiger partial charge on any atom is -0.286 e. The predicted octanol–water partition coefficient (Wildman–Crippen LogP) is 6.27. The van der Waals surface area contributed by atoms with Gasteiger partial charge in [0.05, 0.1) is 6.54 Å². The average Bonchev–Trinajstić information content (AvgIpc) is 3.31. The molecule has 0 aliphatic heterocycles. The van der Waals surface area contributed by atoms with Crippen molar-refractivity contribution < 1.29 is 10.0 Å². The quantitative estimate of drug-likeness (QED) is 0.309. The summed E-state index contributed by atoms with van der Waals surface area (Å²) in [6.07, 6.45) is 1.08. The van der Waals surface area contributed by atoms with Gasteiger partial charge < -0.3 is 0 Å². The number of carbonyl (C=O) groups is 1. The Bertz CT molecular complexity index is 1010. The number of hydrogen-bond donors (Lipinski definition) is 1. The number of carbonyl (C=O) groups excluding carboxylic acids is 1. The average molecular weight is 396 g/mol. The molecule has 0 saturated heterocycles. The Morgan fingerprint density at radius 3 is 2.00 bits per heavy atom. The second-order valence-electron chi connectivity index (χ2n) is 6.65. The van der Waals surface area contributed by atoms with Gasteiger partial charge in [-0.05, 0) is 51.2 Å². The van der Waals surface area contributed by atoms with E-state index in [0.717, 1.165) is 11.5 Å². The standard InChI is InChI=1S/C22H21NO2S2/c1-2-7-22(24)23(25)12-17(18-13-26-20-10-5-3-8-15(18)20)19-14-27-21-11-6-4-9-16(19)21/h3-6,8-11,13-14,17,25H,2,7,12H2,1H3. The first kappa shape index (κ1) is 18.2. The van der Waals surface area contributed by atoms with E-state index in [2.05, 4.69) is 35.0 Å². The summed E-state index contributed by atoms with van der Waals surface area (Å²) < 4.78 is 2.45. The summed E-state index contributed by atoms with van der Waals surface area (Å²) in [5.41, 5.74) is 2.34. The Hall–Kier alpha value is -2.21. The first-order valence-electron chi connectivity index (χ1n) is 9.10. The van der Waals surface area contributed by atoms with Crippen LogP contribution in [0.5, 0.6) is 0 Å². The van der Waals surface area contributed by atoms with Crippen LogP contribution in [0.3, 0.4) is 0 Å². The van der Waals surface area contributed by atoms with Crippen LogP contribution in [-0.2, 0) is 4.79 Å². The number of thiophene rings is 2. The van der Waals surface area contributed by atoms with Crippen LogP contribution in [0.25, 0.3) is 20.2 Å². The predicted molar refractivity (Wildman–Crippen MR) is 114 cm³/mol. The van der Waals surface area contributed by atoms with Crippen molar-refractivity contribution in [1.82, 2.24) is 5.06 Å². The van der Waals surface area contributed by atoms with Crippen molar-refractivity contribution in [2.45, 2.75) is 25.7 Å². The van der Waals surface area contributed by atoms with Crippen LogP contribution in [0, 0.1) is 0 Å². The van der Waals surface area contributed by atoms with Gasteiger partial charge >= 0.3 is 0 Å². The lowest BCUT2D eigenvalue weighted by Crippen LogP contribution is -2.31. The van der Waals surface area contributed by atoms with Crippen LogP contribution in [0.1, 0.15) is 36.8 Å². The van der Waals surface area contributed by atoms with E-state index in [1.54, 1.807) is 22.7 Å². The Kier molecular flexibility index (Phi) is 5.25. The summed E-state index contributed by atoms with van der Waals surface area (Å²) in [5, 5.41) is 18.1.